The minimum atomic E-state index is 0.301. The summed E-state index contributed by atoms with van der Waals surface area (Å²) >= 11 is 0. The molecule has 0 fully saturated rings. The number of benzene rings is 1. The number of methoxy groups -OCH3 is 1. The summed E-state index contributed by atoms with van der Waals surface area (Å²) in [5, 5.41) is 12.4. The fraction of sp³-hybridized carbons (Fsp3) is 0.0588. The van der Waals surface area contributed by atoms with Gasteiger partial charge in [0.2, 0.25) is 0 Å². The van der Waals surface area contributed by atoms with Crippen LogP contribution in [-0.2, 0) is 0 Å². The quantitative estimate of drug-likeness (QED) is 0.783. The van der Waals surface area contributed by atoms with Crippen molar-refractivity contribution in [1.29, 1.82) is 5.26 Å². The number of hydrogen-bond donors (Lipinski definition) is 1. The molecule has 0 spiro atoms. The highest BCUT2D eigenvalue weighted by Gasteiger charge is 2.16. The summed E-state index contributed by atoms with van der Waals surface area (Å²) in [6.07, 6.45) is 1.63. The zero-order valence-electron chi connectivity index (χ0n) is 12.8. The van der Waals surface area contributed by atoms with E-state index in [1.54, 1.807) is 17.7 Å². The number of nitriles is 1. The molecule has 0 atom stereocenters. The molecular formula is C17H12N6O. The zero-order chi connectivity index (χ0) is 16.5. The minimum Gasteiger partial charge on any atom is -0.497 e. The van der Waals surface area contributed by atoms with Gasteiger partial charge in [0.1, 0.15) is 28.9 Å². The Labute approximate surface area is 137 Å². The number of allylic oxidation sites excluding steroid dienone is 1. The SMILES string of the molecule is COc1ccc(N=c2nc3n4c(cccc4n2)NC=C3C#N)cc1. The van der Waals surface area contributed by atoms with Gasteiger partial charge in [0.25, 0.3) is 5.62 Å². The molecule has 3 aromatic rings. The largest absolute Gasteiger partial charge is 0.497 e. The van der Waals surface area contributed by atoms with Crippen LogP contribution in [0.2, 0.25) is 0 Å². The Morgan fingerprint density at radius 2 is 2.00 bits per heavy atom. The van der Waals surface area contributed by atoms with Crippen LogP contribution >= 0.6 is 0 Å². The highest BCUT2D eigenvalue weighted by Crippen LogP contribution is 2.22. The van der Waals surface area contributed by atoms with Gasteiger partial charge in [0.15, 0.2) is 5.82 Å². The highest BCUT2D eigenvalue weighted by molar-refractivity contribution is 5.78. The first-order chi connectivity index (χ1) is 11.8. The summed E-state index contributed by atoms with van der Waals surface area (Å²) in [6.45, 7) is 0. The molecule has 1 aliphatic heterocycles. The molecule has 0 saturated heterocycles. The van der Waals surface area contributed by atoms with Gasteiger partial charge in [-0.3, -0.25) is 4.40 Å². The molecule has 0 radical (unpaired) electrons. The van der Waals surface area contributed by atoms with E-state index < -0.39 is 0 Å². The molecule has 2 aromatic heterocycles. The first-order valence-corrected chi connectivity index (χ1v) is 7.24. The van der Waals surface area contributed by atoms with E-state index in [1.807, 2.05) is 42.5 Å². The Bertz CT molecular complexity index is 1070. The van der Waals surface area contributed by atoms with E-state index in [0.29, 0.717) is 28.4 Å². The maximum absolute atomic E-state index is 9.33. The lowest BCUT2D eigenvalue weighted by Gasteiger charge is -2.16. The molecule has 7 nitrogen and oxygen atoms in total. The number of ether oxygens (including phenoxy) is 1. The van der Waals surface area contributed by atoms with Gasteiger partial charge in [-0.2, -0.15) is 15.2 Å². The molecule has 0 unspecified atom stereocenters. The first-order valence-electron chi connectivity index (χ1n) is 7.24. The van der Waals surface area contributed by atoms with Gasteiger partial charge < -0.3 is 10.1 Å². The lowest BCUT2D eigenvalue weighted by Crippen LogP contribution is -2.22. The standard InChI is InChI=1S/C17H12N6O/c1-24-13-7-5-12(6-8-13)20-17-21-15-4-2-3-14-19-10-11(9-18)16(22-17)23(14)15/h2-8,10,19H,1H3. The van der Waals surface area contributed by atoms with Crippen molar-refractivity contribution in [2.45, 2.75) is 0 Å². The second-order valence-electron chi connectivity index (χ2n) is 5.08. The molecule has 0 saturated carbocycles. The number of hydrogen-bond acceptors (Lipinski definition) is 6. The van der Waals surface area contributed by atoms with Crippen LogP contribution in [0.3, 0.4) is 0 Å². The smallest absolute Gasteiger partial charge is 0.253 e. The number of rotatable bonds is 2. The number of anilines is 1. The van der Waals surface area contributed by atoms with Gasteiger partial charge in [-0.1, -0.05) is 6.07 Å². The van der Waals surface area contributed by atoms with Crippen LogP contribution in [0, 0.1) is 11.3 Å². The predicted octanol–water partition coefficient (Wildman–Crippen LogP) is 2.26. The summed E-state index contributed by atoms with van der Waals surface area (Å²) in [7, 11) is 1.61. The Kier molecular flexibility index (Phi) is 3.21. The van der Waals surface area contributed by atoms with Crippen molar-refractivity contribution in [1.82, 2.24) is 14.4 Å². The van der Waals surface area contributed by atoms with E-state index >= 15 is 0 Å². The lowest BCUT2D eigenvalue weighted by atomic mass is 10.2. The monoisotopic (exact) mass is 316 g/mol. The number of nitrogens with zero attached hydrogens (tertiary/aromatic N) is 5. The fourth-order valence-electron chi connectivity index (χ4n) is 2.49. The topological polar surface area (TPSA) is 87.6 Å². The van der Waals surface area contributed by atoms with Gasteiger partial charge in [0, 0.05) is 6.20 Å². The molecule has 1 aromatic carbocycles. The average Bonchev–Trinajstić information content (AvgIpc) is 2.63. The van der Waals surface area contributed by atoms with Crippen LogP contribution < -0.4 is 15.7 Å². The van der Waals surface area contributed by atoms with E-state index in [1.165, 1.54) is 0 Å². The molecule has 1 N–H and O–H groups in total. The molecule has 0 amide bonds. The van der Waals surface area contributed by atoms with Gasteiger partial charge in [0.05, 0.1) is 12.8 Å². The molecule has 7 heteroatoms. The van der Waals surface area contributed by atoms with Crippen LogP contribution in [0.25, 0.3) is 11.2 Å². The fourth-order valence-corrected chi connectivity index (χ4v) is 2.49. The number of nitrogens with one attached hydrogen (secondary N) is 1. The normalized spacial score (nSPS) is 13.2. The Morgan fingerprint density at radius 1 is 1.17 bits per heavy atom. The maximum atomic E-state index is 9.33. The second-order valence-corrected chi connectivity index (χ2v) is 5.08. The summed E-state index contributed by atoms with van der Waals surface area (Å²) in [4.78, 5) is 13.4. The third-order valence-corrected chi connectivity index (χ3v) is 3.63. The van der Waals surface area contributed by atoms with E-state index in [-0.39, 0.29) is 0 Å². The van der Waals surface area contributed by atoms with Crippen LogP contribution in [0.4, 0.5) is 11.5 Å². The Morgan fingerprint density at radius 3 is 2.75 bits per heavy atom. The summed E-state index contributed by atoms with van der Waals surface area (Å²) in [5.74, 6) is 2.08. The van der Waals surface area contributed by atoms with E-state index in [0.717, 1.165) is 11.6 Å². The van der Waals surface area contributed by atoms with Crippen molar-refractivity contribution in [3.63, 3.8) is 0 Å². The van der Waals surface area contributed by atoms with E-state index in [4.69, 9.17) is 4.74 Å². The average molecular weight is 316 g/mol. The third kappa shape index (κ3) is 2.27. The first kappa shape index (κ1) is 14.0. The molecule has 0 aliphatic carbocycles. The zero-order valence-corrected chi connectivity index (χ0v) is 12.8. The van der Waals surface area contributed by atoms with Crippen LogP contribution in [0.5, 0.6) is 5.75 Å². The van der Waals surface area contributed by atoms with Crippen molar-refractivity contribution in [2.75, 3.05) is 12.4 Å². The maximum Gasteiger partial charge on any atom is 0.253 e. The van der Waals surface area contributed by atoms with Crippen molar-refractivity contribution in [2.24, 2.45) is 4.99 Å². The number of aromatic nitrogens is 3. The second kappa shape index (κ2) is 5.52. The van der Waals surface area contributed by atoms with Crippen molar-refractivity contribution >= 4 is 22.7 Å². The number of pyridine rings is 1. The van der Waals surface area contributed by atoms with Gasteiger partial charge >= 0.3 is 0 Å². The van der Waals surface area contributed by atoms with Crippen molar-refractivity contribution in [3.05, 3.63) is 60.1 Å². The van der Waals surface area contributed by atoms with Gasteiger partial charge in [-0.25, -0.2) is 4.99 Å². The van der Waals surface area contributed by atoms with Gasteiger partial charge in [-0.05, 0) is 36.4 Å². The van der Waals surface area contributed by atoms with Crippen LogP contribution in [-0.4, -0.2) is 21.5 Å². The van der Waals surface area contributed by atoms with Crippen LogP contribution in [0.15, 0.2) is 53.7 Å². The van der Waals surface area contributed by atoms with Gasteiger partial charge in [-0.15, -0.1) is 0 Å². The van der Waals surface area contributed by atoms with E-state index in [9.17, 15) is 5.26 Å². The Balaban J connectivity index is 1.93. The third-order valence-electron chi connectivity index (χ3n) is 3.63. The van der Waals surface area contributed by atoms with E-state index in [2.05, 4.69) is 26.3 Å². The summed E-state index contributed by atoms with van der Waals surface area (Å²) < 4.78 is 6.93. The van der Waals surface area contributed by atoms with Crippen molar-refractivity contribution in [3.8, 4) is 11.8 Å². The molecule has 4 rings (SSSR count). The Hall–Kier alpha value is -3.66. The summed E-state index contributed by atoms with van der Waals surface area (Å²) in [5.41, 5.74) is 2.10. The molecule has 24 heavy (non-hydrogen) atoms. The lowest BCUT2D eigenvalue weighted by molar-refractivity contribution is 0.415. The molecule has 3 heterocycles. The van der Waals surface area contributed by atoms with Crippen LogP contribution in [0.1, 0.15) is 5.82 Å². The molecule has 116 valence electrons. The van der Waals surface area contributed by atoms with Crippen molar-refractivity contribution < 1.29 is 4.74 Å². The molecule has 0 bridgehead atoms. The molecule has 1 aliphatic rings. The minimum absolute atomic E-state index is 0.301. The predicted molar refractivity (Wildman–Crippen MR) is 88.4 cm³/mol. The molecular weight excluding hydrogens is 304 g/mol. The summed E-state index contributed by atoms with van der Waals surface area (Å²) in [6, 6.07) is 15.1. The highest BCUT2D eigenvalue weighted by atomic mass is 16.5.